The van der Waals surface area contributed by atoms with Gasteiger partial charge in [0, 0.05) is 12.0 Å². The Bertz CT molecular complexity index is 712. The molecule has 1 amide bonds. The molecule has 2 N–H and O–H groups in total. The Morgan fingerprint density at radius 1 is 0.957 bits per heavy atom. The lowest BCUT2D eigenvalue weighted by atomic mass is 9.84. The minimum absolute atomic E-state index is 0.328. The molecular weight excluding hydrogens is 294 g/mol. The average molecular weight is 311 g/mol. The number of amides is 1. The molecule has 0 bridgehead atoms. The minimum atomic E-state index is -1.79. The van der Waals surface area contributed by atoms with Crippen molar-refractivity contribution in [3.05, 3.63) is 71.8 Å². The second-order valence-corrected chi connectivity index (χ2v) is 5.28. The summed E-state index contributed by atoms with van der Waals surface area (Å²) in [5, 5.41) is 12.3. The van der Waals surface area contributed by atoms with Gasteiger partial charge < -0.3 is 10.4 Å². The van der Waals surface area contributed by atoms with Crippen molar-refractivity contribution < 1.29 is 19.5 Å². The molecule has 0 aromatic heterocycles. The van der Waals surface area contributed by atoms with E-state index in [1.807, 2.05) is 0 Å². The fourth-order valence-corrected chi connectivity index (χ4v) is 2.42. The summed E-state index contributed by atoms with van der Waals surface area (Å²) in [6, 6.07) is 16.5. The first-order valence-electron chi connectivity index (χ1n) is 7.11. The summed E-state index contributed by atoms with van der Waals surface area (Å²) >= 11 is 0. The molecule has 0 heterocycles. The highest BCUT2D eigenvalue weighted by Crippen LogP contribution is 2.27. The molecule has 5 nitrogen and oxygen atoms in total. The van der Waals surface area contributed by atoms with Gasteiger partial charge in [0.1, 0.15) is 5.78 Å². The molecule has 5 heteroatoms. The van der Waals surface area contributed by atoms with Gasteiger partial charge in [0.15, 0.2) is 5.54 Å². The summed E-state index contributed by atoms with van der Waals surface area (Å²) in [5.41, 5.74) is -1.11. The van der Waals surface area contributed by atoms with Crippen molar-refractivity contribution in [1.29, 1.82) is 0 Å². The smallest absolute Gasteiger partial charge is 0.334 e. The van der Waals surface area contributed by atoms with Gasteiger partial charge in [-0.25, -0.2) is 4.79 Å². The van der Waals surface area contributed by atoms with E-state index in [1.54, 1.807) is 60.7 Å². The highest BCUT2D eigenvalue weighted by Gasteiger charge is 2.43. The fourth-order valence-electron chi connectivity index (χ4n) is 2.42. The Morgan fingerprint density at radius 2 is 1.48 bits per heavy atom. The number of carbonyl (C=O) groups excluding carboxylic acids is 2. The summed E-state index contributed by atoms with van der Waals surface area (Å²) in [6.07, 6.45) is -0.328. The molecule has 0 saturated heterocycles. The Hall–Kier alpha value is -2.95. The van der Waals surface area contributed by atoms with Gasteiger partial charge in [0.2, 0.25) is 0 Å². The van der Waals surface area contributed by atoms with Crippen LogP contribution < -0.4 is 5.32 Å². The van der Waals surface area contributed by atoms with Crippen LogP contribution in [0.4, 0.5) is 0 Å². The van der Waals surface area contributed by atoms with Crippen molar-refractivity contribution in [3.8, 4) is 0 Å². The topological polar surface area (TPSA) is 83.5 Å². The molecule has 0 fully saturated rings. The number of ketones is 1. The number of rotatable bonds is 6. The van der Waals surface area contributed by atoms with Gasteiger partial charge in [-0.1, -0.05) is 48.5 Å². The van der Waals surface area contributed by atoms with Gasteiger partial charge in [0.05, 0.1) is 0 Å². The van der Waals surface area contributed by atoms with Gasteiger partial charge in [-0.2, -0.15) is 0 Å². The van der Waals surface area contributed by atoms with E-state index in [9.17, 15) is 19.5 Å². The molecule has 0 spiro atoms. The third kappa shape index (κ3) is 3.63. The van der Waals surface area contributed by atoms with Crippen LogP contribution in [0.5, 0.6) is 0 Å². The summed E-state index contributed by atoms with van der Waals surface area (Å²) < 4.78 is 0. The molecule has 0 saturated carbocycles. The molecule has 2 aromatic rings. The first-order valence-corrected chi connectivity index (χ1v) is 7.11. The summed E-state index contributed by atoms with van der Waals surface area (Å²) in [4.78, 5) is 36.0. The van der Waals surface area contributed by atoms with E-state index in [0.29, 0.717) is 11.1 Å². The Balaban J connectivity index is 2.46. The highest BCUT2D eigenvalue weighted by molar-refractivity contribution is 5.99. The lowest BCUT2D eigenvalue weighted by molar-refractivity contribution is -0.147. The van der Waals surface area contributed by atoms with E-state index in [1.165, 1.54) is 6.92 Å². The van der Waals surface area contributed by atoms with Gasteiger partial charge in [-0.15, -0.1) is 0 Å². The predicted molar refractivity (Wildman–Crippen MR) is 85.0 cm³/mol. The molecule has 2 rings (SSSR count). The van der Waals surface area contributed by atoms with Crippen LogP contribution in [0.1, 0.15) is 29.3 Å². The zero-order valence-electron chi connectivity index (χ0n) is 12.7. The highest BCUT2D eigenvalue weighted by atomic mass is 16.4. The number of hydrogen-bond acceptors (Lipinski definition) is 3. The maximum atomic E-state index is 12.4. The molecular formula is C18H17NO4. The number of carboxylic acid groups (broad SMARTS) is 1. The third-order valence-electron chi connectivity index (χ3n) is 3.51. The van der Waals surface area contributed by atoms with E-state index >= 15 is 0 Å². The van der Waals surface area contributed by atoms with Crippen LogP contribution in [0.15, 0.2) is 60.7 Å². The van der Waals surface area contributed by atoms with Crippen LogP contribution >= 0.6 is 0 Å². The monoisotopic (exact) mass is 311 g/mol. The molecule has 23 heavy (non-hydrogen) atoms. The second kappa shape index (κ2) is 6.87. The van der Waals surface area contributed by atoms with E-state index in [4.69, 9.17) is 0 Å². The van der Waals surface area contributed by atoms with E-state index in [-0.39, 0.29) is 12.2 Å². The largest absolute Gasteiger partial charge is 0.479 e. The first kappa shape index (κ1) is 16.4. The quantitative estimate of drug-likeness (QED) is 0.858. The minimum Gasteiger partial charge on any atom is -0.479 e. The van der Waals surface area contributed by atoms with E-state index < -0.39 is 17.4 Å². The first-order chi connectivity index (χ1) is 11.0. The zero-order valence-corrected chi connectivity index (χ0v) is 12.7. The van der Waals surface area contributed by atoms with Crippen molar-refractivity contribution in [2.24, 2.45) is 0 Å². The van der Waals surface area contributed by atoms with Crippen LogP contribution in [-0.2, 0) is 15.1 Å². The van der Waals surface area contributed by atoms with Gasteiger partial charge in [0.25, 0.3) is 5.91 Å². The number of carbonyl (C=O) groups is 3. The van der Waals surface area contributed by atoms with Crippen molar-refractivity contribution in [1.82, 2.24) is 5.32 Å². The maximum absolute atomic E-state index is 12.4. The lowest BCUT2D eigenvalue weighted by Gasteiger charge is -2.30. The molecule has 1 atom stereocenters. The molecule has 2 aromatic carbocycles. The van der Waals surface area contributed by atoms with Crippen LogP contribution in [0, 0.1) is 0 Å². The average Bonchev–Trinajstić information content (AvgIpc) is 2.55. The summed E-state index contributed by atoms with van der Waals surface area (Å²) in [5.74, 6) is -2.15. The number of carboxylic acids is 1. The second-order valence-electron chi connectivity index (χ2n) is 5.28. The zero-order chi connectivity index (χ0) is 16.9. The number of benzene rings is 2. The fraction of sp³-hybridized carbons (Fsp3) is 0.167. The molecule has 118 valence electrons. The summed E-state index contributed by atoms with van der Waals surface area (Å²) in [7, 11) is 0. The number of hydrogen-bond donors (Lipinski definition) is 2. The van der Waals surface area contributed by atoms with Gasteiger partial charge in [-0.05, 0) is 24.6 Å². The van der Waals surface area contributed by atoms with E-state index in [0.717, 1.165) is 0 Å². The van der Waals surface area contributed by atoms with Crippen LogP contribution in [0.3, 0.4) is 0 Å². The normalized spacial score (nSPS) is 12.9. The van der Waals surface area contributed by atoms with Gasteiger partial charge >= 0.3 is 5.97 Å². The Morgan fingerprint density at radius 3 is 1.96 bits per heavy atom. The Kier molecular flexibility index (Phi) is 4.91. The van der Waals surface area contributed by atoms with Crippen LogP contribution in [0.2, 0.25) is 0 Å². The maximum Gasteiger partial charge on any atom is 0.334 e. The lowest BCUT2D eigenvalue weighted by Crippen LogP contribution is -2.53. The molecule has 0 aliphatic carbocycles. The molecule has 0 radical (unpaired) electrons. The van der Waals surface area contributed by atoms with Gasteiger partial charge in [-0.3, -0.25) is 9.59 Å². The van der Waals surface area contributed by atoms with E-state index in [2.05, 4.69) is 5.32 Å². The third-order valence-corrected chi connectivity index (χ3v) is 3.51. The van der Waals surface area contributed by atoms with Crippen molar-refractivity contribution in [2.75, 3.05) is 0 Å². The predicted octanol–water partition coefficient (Wildman–Crippen LogP) is 2.38. The molecule has 0 aliphatic heterocycles. The molecule has 0 aliphatic rings. The number of nitrogens with one attached hydrogen (secondary N) is 1. The van der Waals surface area contributed by atoms with Crippen molar-refractivity contribution >= 4 is 17.7 Å². The van der Waals surface area contributed by atoms with Crippen molar-refractivity contribution in [3.63, 3.8) is 0 Å². The Labute approximate surface area is 134 Å². The standard InChI is InChI=1S/C18H17NO4/c1-13(20)12-18(17(22)23,15-10-6-3-7-11-15)19-16(21)14-8-4-2-5-9-14/h2-11H,12H2,1H3,(H,19,21)(H,22,23). The van der Waals surface area contributed by atoms with Crippen LogP contribution in [-0.4, -0.2) is 22.8 Å². The number of Topliss-reactive ketones (excluding diaryl/α,β-unsaturated/α-hetero) is 1. The molecule has 1 unspecified atom stereocenters. The van der Waals surface area contributed by atoms with Crippen LogP contribution in [0.25, 0.3) is 0 Å². The number of aliphatic carboxylic acids is 1. The SMILES string of the molecule is CC(=O)CC(NC(=O)c1ccccc1)(C(=O)O)c1ccccc1. The summed E-state index contributed by atoms with van der Waals surface area (Å²) in [6.45, 7) is 1.30. The van der Waals surface area contributed by atoms with Crippen molar-refractivity contribution in [2.45, 2.75) is 18.9 Å².